The van der Waals surface area contributed by atoms with Crippen LogP contribution in [0.3, 0.4) is 0 Å². The van der Waals surface area contributed by atoms with E-state index in [0.29, 0.717) is 4.47 Å². The van der Waals surface area contributed by atoms with E-state index in [2.05, 4.69) is 47.2 Å². The molecule has 0 spiro atoms. The van der Waals surface area contributed by atoms with Crippen LogP contribution in [0.1, 0.15) is 28.4 Å². The normalized spacial score (nSPS) is 15.8. The standard InChI is InChI=1S/C21H22BrClN6O7/c22-10-2-12(18(34)13(23)3-10)14(4-17(32)33)28-16(31)8-25-19(35)9-1-15(20(36)24-5-9)29-21-26-6-11(30)7-27-21/h1-3,5,11,14,30,34H,4,6-8H2,(H,24,36)(H,25,35)(H,28,31)(H,32,33)(H2,26,27,29). The molecule has 8 N–H and O–H groups in total. The number of phenols is 1. The number of carboxylic acids is 1. The molecule has 0 saturated carbocycles. The molecular weight excluding hydrogens is 564 g/mol. The maximum atomic E-state index is 12.5. The summed E-state index contributed by atoms with van der Waals surface area (Å²) >= 11 is 9.15. The quantitative estimate of drug-likeness (QED) is 0.214. The lowest BCUT2D eigenvalue weighted by Crippen LogP contribution is -2.43. The number of aliphatic imine (C=N–C) groups is 1. The second-order valence-electron chi connectivity index (χ2n) is 7.71. The van der Waals surface area contributed by atoms with Gasteiger partial charge in [0.25, 0.3) is 11.5 Å². The molecule has 0 aliphatic carbocycles. The van der Waals surface area contributed by atoms with Crippen molar-refractivity contribution in [3.05, 3.63) is 55.4 Å². The maximum Gasteiger partial charge on any atom is 0.305 e. The third kappa shape index (κ3) is 7.19. The fraction of sp³-hybridized carbons (Fsp3) is 0.286. The number of β-amino-alcohol motifs (C(OH)–C–C–N with tert-alkyl or cyclic N) is 1. The number of nitrogens with one attached hydrogen (secondary N) is 5. The fourth-order valence-electron chi connectivity index (χ4n) is 3.22. The van der Waals surface area contributed by atoms with Gasteiger partial charge in [-0.2, -0.15) is 0 Å². The molecule has 15 heteroatoms. The minimum Gasteiger partial charge on any atom is -0.506 e. The molecule has 2 atom stereocenters. The van der Waals surface area contributed by atoms with Gasteiger partial charge in [-0.1, -0.05) is 27.5 Å². The van der Waals surface area contributed by atoms with Gasteiger partial charge in [-0.15, -0.1) is 0 Å². The molecule has 2 aromatic rings. The summed E-state index contributed by atoms with van der Waals surface area (Å²) in [5, 5.41) is 39.3. The third-order valence-electron chi connectivity index (χ3n) is 4.94. The van der Waals surface area contributed by atoms with Gasteiger partial charge in [0, 0.05) is 22.8 Å². The molecule has 192 valence electrons. The Hall–Kier alpha value is -3.62. The average Bonchev–Trinajstić information content (AvgIpc) is 2.82. The SMILES string of the molecule is O=C(O)CC(NC(=O)CNC(=O)c1c[nH]c(=O)c(NC2=NCC(O)CN2)c1)c1cc(Br)cc(Cl)c1O. The van der Waals surface area contributed by atoms with Crippen LogP contribution in [0.15, 0.2) is 38.7 Å². The Bertz CT molecular complexity index is 1270. The topological polar surface area (TPSA) is 205 Å². The number of pyridine rings is 1. The van der Waals surface area contributed by atoms with Crippen LogP contribution in [-0.2, 0) is 9.59 Å². The van der Waals surface area contributed by atoms with E-state index >= 15 is 0 Å². The Kier molecular flexibility index (Phi) is 8.90. The van der Waals surface area contributed by atoms with Gasteiger partial charge in [0.1, 0.15) is 11.4 Å². The zero-order chi connectivity index (χ0) is 26.4. The van der Waals surface area contributed by atoms with Gasteiger partial charge in [0.2, 0.25) is 5.91 Å². The first-order chi connectivity index (χ1) is 17.0. The number of aromatic hydroxyl groups is 1. The van der Waals surface area contributed by atoms with Gasteiger partial charge in [0.05, 0.1) is 42.2 Å². The van der Waals surface area contributed by atoms with Gasteiger partial charge in [-0.25, -0.2) is 0 Å². The Balaban J connectivity index is 1.66. The molecule has 1 aliphatic heterocycles. The van der Waals surface area contributed by atoms with Crippen molar-refractivity contribution >= 4 is 57.0 Å². The molecule has 2 unspecified atom stereocenters. The Morgan fingerprint density at radius 1 is 1.28 bits per heavy atom. The van der Waals surface area contributed by atoms with E-state index in [0.717, 1.165) is 6.20 Å². The molecule has 1 aromatic carbocycles. The third-order valence-corrected chi connectivity index (χ3v) is 5.69. The second kappa shape index (κ2) is 11.9. The largest absolute Gasteiger partial charge is 0.506 e. The van der Waals surface area contributed by atoms with Crippen LogP contribution in [0.4, 0.5) is 5.69 Å². The van der Waals surface area contributed by atoms with Crippen LogP contribution in [0.25, 0.3) is 0 Å². The summed E-state index contributed by atoms with van der Waals surface area (Å²) in [7, 11) is 0. The number of hydrogen-bond acceptors (Lipinski definition) is 9. The van der Waals surface area contributed by atoms with Crippen molar-refractivity contribution in [2.75, 3.05) is 25.0 Å². The van der Waals surface area contributed by atoms with E-state index in [9.17, 15) is 34.5 Å². The number of phenolic OH excluding ortho intramolecular Hbond substituents is 1. The molecule has 0 saturated heterocycles. The van der Waals surface area contributed by atoms with Crippen molar-refractivity contribution in [2.45, 2.75) is 18.6 Å². The van der Waals surface area contributed by atoms with Gasteiger partial charge < -0.3 is 41.6 Å². The van der Waals surface area contributed by atoms with E-state index in [1.807, 2.05) is 0 Å². The number of carbonyl (C=O) groups excluding carboxylic acids is 2. The smallest absolute Gasteiger partial charge is 0.305 e. The first-order valence-corrected chi connectivity index (χ1v) is 11.6. The number of aliphatic hydroxyl groups is 1. The van der Waals surface area contributed by atoms with Gasteiger partial charge in [-0.3, -0.25) is 24.2 Å². The molecule has 0 fully saturated rings. The monoisotopic (exact) mass is 584 g/mol. The summed E-state index contributed by atoms with van der Waals surface area (Å²) in [4.78, 5) is 54.9. The summed E-state index contributed by atoms with van der Waals surface area (Å²) in [6.45, 7) is -0.132. The minimum absolute atomic E-state index is 0.0123. The van der Waals surface area contributed by atoms with Crippen LogP contribution in [0, 0.1) is 0 Å². The maximum absolute atomic E-state index is 12.5. The number of nitrogens with zero attached hydrogens (tertiary/aromatic N) is 1. The highest BCUT2D eigenvalue weighted by Gasteiger charge is 2.23. The van der Waals surface area contributed by atoms with Crippen LogP contribution in [0.5, 0.6) is 5.75 Å². The predicted molar refractivity (Wildman–Crippen MR) is 133 cm³/mol. The number of carbonyl (C=O) groups is 3. The van der Waals surface area contributed by atoms with E-state index in [-0.39, 0.29) is 46.6 Å². The summed E-state index contributed by atoms with van der Waals surface area (Å²) in [6.07, 6.45) is -0.0317. The summed E-state index contributed by atoms with van der Waals surface area (Å²) < 4.78 is 0.464. The molecule has 13 nitrogen and oxygen atoms in total. The van der Waals surface area contributed by atoms with Crippen molar-refractivity contribution in [2.24, 2.45) is 4.99 Å². The summed E-state index contributed by atoms with van der Waals surface area (Å²) in [5.41, 5.74) is -0.401. The number of carboxylic acid groups (broad SMARTS) is 1. The lowest BCUT2D eigenvalue weighted by atomic mass is 10.0. The van der Waals surface area contributed by atoms with Gasteiger partial charge in [-0.05, 0) is 18.2 Å². The molecule has 0 radical (unpaired) electrons. The van der Waals surface area contributed by atoms with E-state index in [1.165, 1.54) is 18.2 Å². The number of rotatable bonds is 8. The predicted octanol–water partition coefficient (Wildman–Crippen LogP) is 0.290. The van der Waals surface area contributed by atoms with Crippen molar-refractivity contribution in [1.29, 1.82) is 0 Å². The number of aromatic amines is 1. The molecular formula is C21H22BrClN6O7. The summed E-state index contributed by atoms with van der Waals surface area (Å²) in [5.74, 6) is -2.79. The Morgan fingerprint density at radius 2 is 2.03 bits per heavy atom. The van der Waals surface area contributed by atoms with Gasteiger partial charge in [0.15, 0.2) is 5.96 Å². The molecule has 0 bridgehead atoms. The second-order valence-corrected chi connectivity index (χ2v) is 9.03. The highest BCUT2D eigenvalue weighted by atomic mass is 79.9. The highest BCUT2D eigenvalue weighted by molar-refractivity contribution is 9.10. The average molecular weight is 586 g/mol. The zero-order valence-corrected chi connectivity index (χ0v) is 20.8. The zero-order valence-electron chi connectivity index (χ0n) is 18.5. The van der Waals surface area contributed by atoms with Crippen LogP contribution >= 0.6 is 27.5 Å². The van der Waals surface area contributed by atoms with E-state index in [4.69, 9.17) is 11.6 Å². The van der Waals surface area contributed by atoms with Crippen molar-refractivity contribution < 1.29 is 29.7 Å². The molecule has 36 heavy (non-hydrogen) atoms. The Labute approximate surface area is 217 Å². The number of anilines is 1. The van der Waals surface area contributed by atoms with Crippen molar-refractivity contribution in [3.63, 3.8) is 0 Å². The number of guanidine groups is 1. The van der Waals surface area contributed by atoms with Crippen molar-refractivity contribution in [1.82, 2.24) is 20.9 Å². The molecule has 1 aliphatic rings. The number of aliphatic hydroxyl groups excluding tert-OH is 1. The lowest BCUT2D eigenvalue weighted by molar-refractivity contribution is -0.137. The van der Waals surface area contributed by atoms with Crippen LogP contribution in [-0.4, -0.2) is 69.8 Å². The first kappa shape index (κ1) is 27.0. The van der Waals surface area contributed by atoms with E-state index < -0.39 is 48.5 Å². The van der Waals surface area contributed by atoms with Crippen LogP contribution in [0.2, 0.25) is 5.02 Å². The molecule has 3 rings (SSSR count). The van der Waals surface area contributed by atoms with E-state index in [1.54, 1.807) is 0 Å². The Morgan fingerprint density at radius 3 is 2.69 bits per heavy atom. The number of H-pyrrole nitrogens is 1. The van der Waals surface area contributed by atoms with Crippen molar-refractivity contribution in [3.8, 4) is 5.75 Å². The number of amides is 2. The molecule has 2 amide bonds. The highest BCUT2D eigenvalue weighted by Crippen LogP contribution is 2.36. The lowest BCUT2D eigenvalue weighted by Gasteiger charge is -2.20. The van der Waals surface area contributed by atoms with Gasteiger partial charge >= 0.3 is 5.97 Å². The van der Waals surface area contributed by atoms with Crippen LogP contribution < -0.4 is 26.8 Å². The molecule has 2 heterocycles. The first-order valence-electron chi connectivity index (χ1n) is 10.5. The summed E-state index contributed by atoms with van der Waals surface area (Å²) in [6, 6.07) is 2.96. The fourth-order valence-corrected chi connectivity index (χ4v) is 4.06. The molecule has 1 aromatic heterocycles. The number of benzene rings is 1. The number of halogens is 2. The number of aromatic nitrogens is 1. The number of hydrogen-bond donors (Lipinski definition) is 8. The number of aliphatic carboxylic acids is 1. The minimum atomic E-state index is -1.24.